The van der Waals surface area contributed by atoms with Crippen molar-refractivity contribution in [3.8, 4) is 0 Å². The number of nitrogens with one attached hydrogen (secondary N) is 2. The van der Waals surface area contributed by atoms with E-state index >= 15 is 0 Å². The van der Waals surface area contributed by atoms with Crippen molar-refractivity contribution in [3.05, 3.63) is 11.1 Å². The second-order valence-electron chi connectivity index (χ2n) is 4.61. The second kappa shape index (κ2) is 5.67. The van der Waals surface area contributed by atoms with E-state index in [1.165, 1.54) is 17.8 Å². The molecule has 1 amide bonds. The van der Waals surface area contributed by atoms with Crippen LogP contribution in [0.2, 0.25) is 0 Å². The van der Waals surface area contributed by atoms with E-state index in [9.17, 15) is 4.79 Å². The van der Waals surface area contributed by atoms with Crippen molar-refractivity contribution in [1.82, 2.24) is 10.3 Å². The number of hydrogen-bond donors (Lipinski definition) is 2. The van der Waals surface area contributed by atoms with E-state index < -0.39 is 0 Å². The smallest absolute Gasteiger partial charge is 0.263 e. The summed E-state index contributed by atoms with van der Waals surface area (Å²) in [7, 11) is 3.49. The normalized spacial score (nSPS) is 17.0. The molecule has 0 bridgehead atoms. The fourth-order valence-corrected chi connectivity index (χ4v) is 2.80. The summed E-state index contributed by atoms with van der Waals surface area (Å²) in [4.78, 5) is 16.9. The molecular weight excluding hydrogens is 250 g/mol. The first kappa shape index (κ1) is 13.3. The lowest BCUT2D eigenvalue weighted by Crippen LogP contribution is -2.53. The van der Waals surface area contributed by atoms with Crippen LogP contribution in [0.3, 0.4) is 0 Å². The van der Waals surface area contributed by atoms with Crippen LogP contribution in [0.15, 0.2) is 6.20 Å². The van der Waals surface area contributed by atoms with Gasteiger partial charge in [-0.3, -0.25) is 4.79 Å². The standard InChI is InChI=1S/C12H19N3O2S/c1-13-11-14-8-9(18-11)10(16)15-12(4-3-5-12)6-7-17-2/h8H,3-7H2,1-2H3,(H,13,14)(H,15,16). The fraction of sp³-hybridized carbons (Fsp3) is 0.667. The largest absolute Gasteiger partial charge is 0.385 e. The molecule has 1 aromatic heterocycles. The summed E-state index contributed by atoms with van der Waals surface area (Å²) < 4.78 is 5.11. The number of aromatic nitrogens is 1. The van der Waals surface area contributed by atoms with Crippen LogP contribution < -0.4 is 10.6 Å². The van der Waals surface area contributed by atoms with Gasteiger partial charge in [0, 0.05) is 26.3 Å². The quantitative estimate of drug-likeness (QED) is 0.827. The van der Waals surface area contributed by atoms with Crippen LogP contribution in [0.1, 0.15) is 35.4 Å². The molecule has 0 atom stereocenters. The van der Waals surface area contributed by atoms with Gasteiger partial charge >= 0.3 is 0 Å². The highest BCUT2D eigenvalue weighted by atomic mass is 32.1. The maximum Gasteiger partial charge on any atom is 0.263 e. The van der Waals surface area contributed by atoms with Crippen LogP contribution in [-0.4, -0.2) is 37.2 Å². The lowest BCUT2D eigenvalue weighted by molar-refractivity contribution is 0.0733. The summed E-state index contributed by atoms with van der Waals surface area (Å²) in [5, 5.41) is 6.84. The molecule has 0 saturated heterocycles. The molecule has 2 rings (SSSR count). The summed E-state index contributed by atoms with van der Waals surface area (Å²) in [5.41, 5.74) is -0.0586. The van der Waals surface area contributed by atoms with Crippen LogP contribution in [0.4, 0.5) is 5.13 Å². The minimum absolute atomic E-state index is 0.0233. The van der Waals surface area contributed by atoms with E-state index in [0.29, 0.717) is 11.5 Å². The van der Waals surface area contributed by atoms with Gasteiger partial charge in [-0.15, -0.1) is 0 Å². The Bertz CT molecular complexity index is 415. The van der Waals surface area contributed by atoms with Gasteiger partial charge in [0.15, 0.2) is 5.13 Å². The third kappa shape index (κ3) is 2.81. The summed E-state index contributed by atoms with van der Waals surface area (Å²) >= 11 is 1.37. The zero-order valence-corrected chi connectivity index (χ0v) is 11.6. The number of hydrogen-bond acceptors (Lipinski definition) is 5. The number of nitrogens with zero attached hydrogens (tertiary/aromatic N) is 1. The number of ether oxygens (including phenoxy) is 1. The van der Waals surface area contributed by atoms with Crippen molar-refractivity contribution in [2.45, 2.75) is 31.2 Å². The van der Waals surface area contributed by atoms with Gasteiger partial charge < -0.3 is 15.4 Å². The molecule has 0 unspecified atom stereocenters. The van der Waals surface area contributed by atoms with Crippen molar-refractivity contribution in [2.75, 3.05) is 26.1 Å². The highest BCUT2D eigenvalue weighted by Crippen LogP contribution is 2.35. The molecule has 0 radical (unpaired) electrons. The number of rotatable bonds is 6. The SMILES string of the molecule is CNc1ncc(C(=O)NC2(CCOC)CCC2)s1. The first-order chi connectivity index (χ1) is 8.69. The monoisotopic (exact) mass is 269 g/mol. The predicted molar refractivity (Wildman–Crippen MR) is 72.2 cm³/mol. The van der Waals surface area contributed by atoms with Gasteiger partial charge in [0.1, 0.15) is 4.88 Å². The Hall–Kier alpha value is -1.14. The topological polar surface area (TPSA) is 63.2 Å². The molecule has 5 nitrogen and oxygen atoms in total. The predicted octanol–water partition coefficient (Wildman–Crippen LogP) is 1.87. The summed E-state index contributed by atoms with van der Waals surface area (Å²) in [6, 6.07) is 0. The zero-order valence-electron chi connectivity index (χ0n) is 10.8. The Morgan fingerprint density at radius 3 is 2.89 bits per heavy atom. The number of carbonyl (C=O) groups excluding carboxylic acids is 1. The molecule has 0 spiro atoms. The van der Waals surface area contributed by atoms with E-state index in [2.05, 4.69) is 15.6 Å². The van der Waals surface area contributed by atoms with Gasteiger partial charge in [-0.1, -0.05) is 11.3 Å². The molecule has 1 saturated carbocycles. The van der Waals surface area contributed by atoms with Crippen molar-refractivity contribution < 1.29 is 9.53 Å². The Morgan fingerprint density at radius 1 is 1.61 bits per heavy atom. The van der Waals surface area contributed by atoms with Crippen LogP contribution >= 0.6 is 11.3 Å². The van der Waals surface area contributed by atoms with E-state index in [1.807, 2.05) is 0 Å². The minimum atomic E-state index is -0.0586. The molecule has 1 aliphatic rings. The molecule has 1 aliphatic carbocycles. The van der Waals surface area contributed by atoms with Crippen molar-refractivity contribution in [3.63, 3.8) is 0 Å². The Labute approximate surface area is 111 Å². The molecule has 0 aromatic carbocycles. The van der Waals surface area contributed by atoms with Crippen LogP contribution in [-0.2, 0) is 4.74 Å². The third-order valence-electron chi connectivity index (χ3n) is 3.42. The number of anilines is 1. The van der Waals surface area contributed by atoms with E-state index in [0.717, 1.165) is 24.4 Å². The Morgan fingerprint density at radius 2 is 2.39 bits per heavy atom. The maximum atomic E-state index is 12.1. The van der Waals surface area contributed by atoms with E-state index in [-0.39, 0.29) is 11.4 Å². The number of amides is 1. The van der Waals surface area contributed by atoms with Gasteiger partial charge in [-0.2, -0.15) is 0 Å². The summed E-state index contributed by atoms with van der Waals surface area (Å²) in [5.74, 6) is -0.0233. The Balaban J connectivity index is 1.96. The van der Waals surface area contributed by atoms with Crippen LogP contribution in [0, 0.1) is 0 Å². The summed E-state index contributed by atoms with van der Waals surface area (Å²) in [6.07, 6.45) is 5.76. The maximum absolute atomic E-state index is 12.1. The number of carbonyl (C=O) groups is 1. The highest BCUT2D eigenvalue weighted by molar-refractivity contribution is 7.17. The van der Waals surface area contributed by atoms with Crippen LogP contribution in [0.5, 0.6) is 0 Å². The van der Waals surface area contributed by atoms with E-state index in [1.54, 1.807) is 20.4 Å². The summed E-state index contributed by atoms with van der Waals surface area (Å²) in [6.45, 7) is 0.685. The molecule has 0 aliphatic heterocycles. The Kier molecular flexibility index (Phi) is 4.19. The zero-order chi connectivity index (χ0) is 13.0. The van der Waals surface area contributed by atoms with Gasteiger partial charge in [0.2, 0.25) is 0 Å². The molecule has 18 heavy (non-hydrogen) atoms. The van der Waals surface area contributed by atoms with Gasteiger partial charge in [-0.05, 0) is 25.7 Å². The average molecular weight is 269 g/mol. The first-order valence-electron chi connectivity index (χ1n) is 6.14. The number of methoxy groups -OCH3 is 1. The van der Waals surface area contributed by atoms with Gasteiger partial charge in [-0.25, -0.2) is 4.98 Å². The van der Waals surface area contributed by atoms with Gasteiger partial charge in [0.05, 0.1) is 6.20 Å². The van der Waals surface area contributed by atoms with Crippen molar-refractivity contribution in [1.29, 1.82) is 0 Å². The number of thiazole rings is 1. The highest BCUT2D eigenvalue weighted by Gasteiger charge is 2.38. The minimum Gasteiger partial charge on any atom is -0.385 e. The molecular formula is C12H19N3O2S. The van der Waals surface area contributed by atoms with Gasteiger partial charge in [0.25, 0.3) is 5.91 Å². The van der Waals surface area contributed by atoms with Crippen molar-refractivity contribution in [2.24, 2.45) is 0 Å². The molecule has 1 aromatic rings. The van der Waals surface area contributed by atoms with Crippen LogP contribution in [0.25, 0.3) is 0 Å². The lowest BCUT2D eigenvalue weighted by Gasteiger charge is -2.42. The average Bonchev–Trinajstić information content (AvgIpc) is 2.81. The fourth-order valence-electron chi connectivity index (χ4n) is 2.14. The second-order valence-corrected chi connectivity index (χ2v) is 5.64. The third-order valence-corrected chi connectivity index (χ3v) is 4.43. The molecule has 1 fully saturated rings. The molecule has 100 valence electrons. The molecule has 1 heterocycles. The van der Waals surface area contributed by atoms with Crippen molar-refractivity contribution >= 4 is 22.4 Å². The van der Waals surface area contributed by atoms with E-state index in [4.69, 9.17) is 4.74 Å². The molecule has 6 heteroatoms. The molecule has 2 N–H and O–H groups in total. The first-order valence-corrected chi connectivity index (χ1v) is 6.96. The lowest BCUT2D eigenvalue weighted by atomic mass is 9.74.